The van der Waals surface area contributed by atoms with E-state index < -0.39 is 5.97 Å². The van der Waals surface area contributed by atoms with E-state index in [2.05, 4.69) is 16.4 Å². The number of anilines is 1. The first kappa shape index (κ1) is 13.1. The van der Waals surface area contributed by atoms with Crippen molar-refractivity contribution in [2.24, 2.45) is 0 Å². The molecule has 0 saturated heterocycles. The van der Waals surface area contributed by atoms with E-state index in [1.54, 1.807) is 25.1 Å². The number of hydrogen-bond donors (Lipinski definition) is 2. The first-order valence-electron chi connectivity index (χ1n) is 5.54. The van der Waals surface area contributed by atoms with Crippen molar-refractivity contribution in [1.29, 1.82) is 5.26 Å². The number of benzene rings is 1. The van der Waals surface area contributed by atoms with E-state index in [9.17, 15) is 4.79 Å². The molecule has 19 heavy (non-hydrogen) atoms. The second-order valence-electron chi connectivity index (χ2n) is 3.84. The smallest absolute Gasteiger partial charge is 0.347 e. The van der Waals surface area contributed by atoms with E-state index >= 15 is 0 Å². The highest BCUT2D eigenvalue weighted by atomic mass is 32.1. The van der Waals surface area contributed by atoms with Crippen LogP contribution in [0.15, 0.2) is 24.3 Å². The Hall–Kier alpha value is -2.39. The maximum Gasteiger partial charge on any atom is 0.347 e. The molecule has 6 heteroatoms. The lowest BCUT2D eigenvalue weighted by molar-refractivity contribution is 0.0701. The molecular weight excluding hydrogens is 262 g/mol. The second-order valence-corrected chi connectivity index (χ2v) is 4.92. The molecule has 1 heterocycles. The lowest BCUT2D eigenvalue weighted by Crippen LogP contribution is -2.00. The minimum atomic E-state index is -0.960. The quantitative estimate of drug-likeness (QED) is 0.894. The van der Waals surface area contributed by atoms with Crippen molar-refractivity contribution in [2.45, 2.75) is 13.5 Å². The number of para-hydroxylation sites is 1. The maximum atomic E-state index is 10.9. The van der Waals surface area contributed by atoms with Gasteiger partial charge in [-0.2, -0.15) is 5.26 Å². The summed E-state index contributed by atoms with van der Waals surface area (Å²) in [5, 5.41) is 21.7. The predicted molar refractivity (Wildman–Crippen MR) is 72.3 cm³/mol. The number of aryl methyl sites for hydroxylation is 1. The topological polar surface area (TPSA) is 86.0 Å². The Morgan fingerprint density at radius 2 is 2.26 bits per heavy atom. The van der Waals surface area contributed by atoms with Crippen molar-refractivity contribution in [2.75, 3.05) is 5.32 Å². The van der Waals surface area contributed by atoms with Gasteiger partial charge in [0.15, 0.2) is 0 Å². The number of carboxylic acid groups (broad SMARTS) is 1. The van der Waals surface area contributed by atoms with Crippen LogP contribution >= 0.6 is 11.3 Å². The summed E-state index contributed by atoms with van der Waals surface area (Å²) in [5.74, 6) is -0.960. The standard InChI is InChI=1S/C13H11N3O2S/c1-8-12(13(17)18)19-11(16-8)7-15-10-5-3-2-4-9(10)6-14/h2-5,15H,7H2,1H3,(H,17,18). The molecule has 5 nitrogen and oxygen atoms in total. The molecule has 2 aromatic rings. The molecule has 1 aromatic heterocycles. The Morgan fingerprint density at radius 1 is 1.53 bits per heavy atom. The Labute approximate surface area is 114 Å². The van der Waals surface area contributed by atoms with E-state index in [1.165, 1.54) is 0 Å². The van der Waals surface area contributed by atoms with Crippen LogP contribution in [0.5, 0.6) is 0 Å². The fraction of sp³-hybridized carbons (Fsp3) is 0.154. The van der Waals surface area contributed by atoms with E-state index in [0.717, 1.165) is 17.0 Å². The summed E-state index contributed by atoms with van der Waals surface area (Å²) in [4.78, 5) is 15.4. The molecule has 0 radical (unpaired) electrons. The van der Waals surface area contributed by atoms with Gasteiger partial charge in [0.2, 0.25) is 0 Å². The molecule has 2 N–H and O–H groups in total. The minimum absolute atomic E-state index is 0.255. The van der Waals surface area contributed by atoms with Crippen LogP contribution in [0.3, 0.4) is 0 Å². The number of nitrogens with one attached hydrogen (secondary N) is 1. The summed E-state index contributed by atoms with van der Waals surface area (Å²) in [6.07, 6.45) is 0. The van der Waals surface area contributed by atoms with Gasteiger partial charge in [0.25, 0.3) is 0 Å². The molecule has 0 aliphatic carbocycles. The van der Waals surface area contributed by atoms with Crippen LogP contribution in [-0.2, 0) is 6.54 Å². The average molecular weight is 273 g/mol. The van der Waals surface area contributed by atoms with Crippen LogP contribution in [0.4, 0.5) is 5.69 Å². The second kappa shape index (κ2) is 5.50. The molecule has 0 saturated carbocycles. The summed E-state index contributed by atoms with van der Waals surface area (Å²) >= 11 is 1.14. The molecule has 0 aliphatic rings. The van der Waals surface area contributed by atoms with Crippen LogP contribution in [0, 0.1) is 18.3 Å². The average Bonchev–Trinajstić information content (AvgIpc) is 2.78. The van der Waals surface area contributed by atoms with Gasteiger partial charge in [-0.15, -0.1) is 11.3 Å². The third-order valence-corrected chi connectivity index (χ3v) is 3.66. The SMILES string of the molecule is Cc1nc(CNc2ccccc2C#N)sc1C(=O)O. The van der Waals surface area contributed by atoms with Crippen molar-refractivity contribution >= 4 is 23.0 Å². The fourth-order valence-corrected chi connectivity index (χ4v) is 2.48. The van der Waals surface area contributed by atoms with Crippen molar-refractivity contribution in [3.8, 4) is 6.07 Å². The highest BCUT2D eigenvalue weighted by Gasteiger charge is 2.13. The summed E-state index contributed by atoms with van der Waals surface area (Å²) in [5.41, 5.74) is 1.78. The van der Waals surface area contributed by atoms with Crippen LogP contribution in [0.25, 0.3) is 0 Å². The zero-order valence-electron chi connectivity index (χ0n) is 10.2. The number of hydrogen-bond acceptors (Lipinski definition) is 5. The number of rotatable bonds is 4. The van der Waals surface area contributed by atoms with Gasteiger partial charge in [-0.3, -0.25) is 0 Å². The Kier molecular flexibility index (Phi) is 3.78. The third-order valence-electron chi connectivity index (χ3n) is 2.51. The van der Waals surface area contributed by atoms with Gasteiger partial charge in [-0.1, -0.05) is 12.1 Å². The van der Waals surface area contributed by atoms with Crippen LogP contribution < -0.4 is 5.32 Å². The Morgan fingerprint density at radius 3 is 2.89 bits per heavy atom. The molecule has 0 unspecified atom stereocenters. The highest BCUT2D eigenvalue weighted by molar-refractivity contribution is 7.13. The largest absolute Gasteiger partial charge is 0.477 e. The Bertz CT molecular complexity index is 658. The number of carbonyl (C=O) groups is 1. The van der Waals surface area contributed by atoms with Gasteiger partial charge in [0, 0.05) is 0 Å². The molecule has 0 bridgehead atoms. The zero-order chi connectivity index (χ0) is 13.8. The molecule has 2 rings (SSSR count). The fourth-order valence-electron chi connectivity index (χ4n) is 1.63. The number of carboxylic acids is 1. The van der Waals surface area contributed by atoms with Gasteiger partial charge in [-0.05, 0) is 19.1 Å². The number of aromatic carboxylic acids is 1. The summed E-state index contributed by atoms with van der Waals surface area (Å²) in [6, 6.07) is 9.24. The number of nitrogens with zero attached hydrogens (tertiary/aromatic N) is 2. The third kappa shape index (κ3) is 2.89. The van der Waals surface area contributed by atoms with E-state index in [1.807, 2.05) is 6.07 Å². The molecule has 0 spiro atoms. The normalized spacial score (nSPS) is 9.89. The zero-order valence-corrected chi connectivity index (χ0v) is 11.0. The van der Waals surface area contributed by atoms with Crippen molar-refractivity contribution in [3.63, 3.8) is 0 Å². The first-order valence-corrected chi connectivity index (χ1v) is 6.36. The minimum Gasteiger partial charge on any atom is -0.477 e. The summed E-state index contributed by atoms with van der Waals surface area (Å²) < 4.78 is 0. The van der Waals surface area contributed by atoms with Crippen molar-refractivity contribution in [1.82, 2.24) is 4.98 Å². The van der Waals surface area contributed by atoms with Crippen LogP contribution in [-0.4, -0.2) is 16.1 Å². The molecule has 0 atom stereocenters. The number of thiazole rings is 1. The summed E-state index contributed by atoms with van der Waals surface area (Å²) in [6.45, 7) is 2.07. The molecule has 0 fully saturated rings. The van der Waals surface area contributed by atoms with E-state index in [4.69, 9.17) is 10.4 Å². The molecule has 0 amide bonds. The summed E-state index contributed by atoms with van der Waals surface area (Å²) in [7, 11) is 0. The monoisotopic (exact) mass is 273 g/mol. The molecular formula is C13H11N3O2S. The van der Waals surface area contributed by atoms with Crippen molar-refractivity contribution < 1.29 is 9.90 Å². The highest BCUT2D eigenvalue weighted by Crippen LogP contribution is 2.20. The molecule has 96 valence electrons. The maximum absolute atomic E-state index is 10.9. The van der Waals surface area contributed by atoms with Gasteiger partial charge >= 0.3 is 5.97 Å². The van der Waals surface area contributed by atoms with Gasteiger partial charge < -0.3 is 10.4 Å². The van der Waals surface area contributed by atoms with Crippen LogP contribution in [0.2, 0.25) is 0 Å². The lowest BCUT2D eigenvalue weighted by atomic mass is 10.2. The molecule has 0 aliphatic heterocycles. The molecule has 1 aromatic carbocycles. The van der Waals surface area contributed by atoms with E-state index in [0.29, 0.717) is 22.8 Å². The van der Waals surface area contributed by atoms with Gasteiger partial charge in [-0.25, -0.2) is 9.78 Å². The number of aromatic nitrogens is 1. The first-order chi connectivity index (χ1) is 9.11. The Balaban J connectivity index is 2.13. The van der Waals surface area contributed by atoms with Crippen LogP contribution in [0.1, 0.15) is 25.9 Å². The predicted octanol–water partition coefficient (Wildman–Crippen LogP) is 2.63. The van der Waals surface area contributed by atoms with Crippen molar-refractivity contribution in [3.05, 3.63) is 45.4 Å². The van der Waals surface area contributed by atoms with Gasteiger partial charge in [0.1, 0.15) is 16.0 Å². The number of nitriles is 1. The van der Waals surface area contributed by atoms with E-state index in [-0.39, 0.29) is 4.88 Å². The lowest BCUT2D eigenvalue weighted by Gasteiger charge is -2.05. The van der Waals surface area contributed by atoms with Gasteiger partial charge in [0.05, 0.1) is 23.5 Å².